The highest BCUT2D eigenvalue weighted by molar-refractivity contribution is 9.10. The summed E-state index contributed by atoms with van der Waals surface area (Å²) in [5, 5.41) is 5.55. The van der Waals surface area contributed by atoms with Crippen molar-refractivity contribution in [3.63, 3.8) is 0 Å². The Morgan fingerprint density at radius 3 is 2.36 bits per heavy atom. The standard InChI is InChI=1S/C24H19Br2ClN2O4/c1-32-17-9-15(20(26)21(27)22(17)33-11-12-2-6-16(25)7-3-12)10-28-29-23(30)18-13-4-5-14(8-13)19(18)24(29)31/h2-7,9-10,13-14,18-19H,8,11H2,1H3/t13-,14-,18-,19+/m0/s1. The van der Waals surface area contributed by atoms with Gasteiger partial charge in [0.2, 0.25) is 0 Å². The minimum atomic E-state index is -0.291. The summed E-state index contributed by atoms with van der Waals surface area (Å²) < 4.78 is 12.9. The van der Waals surface area contributed by atoms with E-state index in [1.165, 1.54) is 13.3 Å². The van der Waals surface area contributed by atoms with Crippen molar-refractivity contribution >= 4 is 61.5 Å². The molecule has 0 aromatic heterocycles. The molecule has 6 nitrogen and oxygen atoms in total. The van der Waals surface area contributed by atoms with E-state index in [4.69, 9.17) is 21.1 Å². The summed E-state index contributed by atoms with van der Waals surface area (Å²) in [6, 6.07) is 9.46. The van der Waals surface area contributed by atoms with Gasteiger partial charge in [-0.05, 0) is 57.9 Å². The van der Waals surface area contributed by atoms with Gasteiger partial charge in [0.05, 0.1) is 25.2 Å². The van der Waals surface area contributed by atoms with Gasteiger partial charge >= 0.3 is 0 Å². The van der Waals surface area contributed by atoms with E-state index in [0.29, 0.717) is 33.2 Å². The number of methoxy groups -OCH3 is 1. The van der Waals surface area contributed by atoms with E-state index in [1.54, 1.807) is 6.07 Å². The number of imide groups is 1. The van der Waals surface area contributed by atoms with Crippen LogP contribution in [0.5, 0.6) is 11.5 Å². The quantitative estimate of drug-likeness (QED) is 0.248. The van der Waals surface area contributed by atoms with E-state index < -0.39 is 0 Å². The van der Waals surface area contributed by atoms with Crippen molar-refractivity contribution in [2.75, 3.05) is 7.11 Å². The van der Waals surface area contributed by atoms with Crippen LogP contribution >= 0.6 is 43.5 Å². The van der Waals surface area contributed by atoms with Crippen molar-refractivity contribution in [2.45, 2.75) is 13.0 Å². The lowest BCUT2D eigenvalue weighted by Gasteiger charge is -2.16. The second-order valence-corrected chi connectivity index (χ2v) is 10.4. The SMILES string of the molecule is COc1cc(C=NN2C(=O)[C@@H]3[C@H](C2=O)[C@H]2C=C[C@H]3C2)c(Br)c(Cl)c1OCc1ccc(Br)cc1. The number of hydrogen-bond acceptors (Lipinski definition) is 5. The number of ether oxygens (including phenoxy) is 2. The summed E-state index contributed by atoms with van der Waals surface area (Å²) in [5.41, 5.74) is 1.53. The first-order valence-corrected chi connectivity index (χ1v) is 12.4. The lowest BCUT2D eigenvalue weighted by atomic mass is 9.85. The van der Waals surface area contributed by atoms with Gasteiger partial charge in [0.1, 0.15) is 11.6 Å². The van der Waals surface area contributed by atoms with E-state index in [-0.39, 0.29) is 35.5 Å². The number of nitrogens with zero attached hydrogens (tertiary/aromatic N) is 2. The fraction of sp³-hybridized carbons (Fsp3) is 0.292. The van der Waals surface area contributed by atoms with Crippen molar-refractivity contribution in [3.05, 3.63) is 67.6 Å². The lowest BCUT2D eigenvalue weighted by Crippen LogP contribution is -2.28. The van der Waals surface area contributed by atoms with Gasteiger partial charge in [-0.2, -0.15) is 10.1 Å². The van der Waals surface area contributed by atoms with Crippen LogP contribution in [0.4, 0.5) is 0 Å². The normalized spacial score (nSPS) is 25.4. The third kappa shape index (κ3) is 3.92. The van der Waals surface area contributed by atoms with E-state index in [2.05, 4.69) is 49.1 Å². The highest BCUT2D eigenvalue weighted by Gasteiger charge is 2.59. The van der Waals surface area contributed by atoms with Gasteiger partial charge in [-0.15, -0.1) is 0 Å². The highest BCUT2D eigenvalue weighted by Crippen LogP contribution is 2.52. The molecule has 9 heteroatoms. The summed E-state index contributed by atoms with van der Waals surface area (Å²) in [7, 11) is 1.52. The molecule has 5 rings (SSSR count). The molecule has 0 spiro atoms. The van der Waals surface area contributed by atoms with E-state index in [9.17, 15) is 9.59 Å². The Morgan fingerprint density at radius 1 is 1.12 bits per heavy atom. The highest BCUT2D eigenvalue weighted by atomic mass is 79.9. The average Bonchev–Trinajstić information content (AvgIpc) is 3.49. The molecule has 170 valence electrons. The summed E-state index contributed by atoms with van der Waals surface area (Å²) >= 11 is 13.5. The molecule has 0 radical (unpaired) electrons. The first-order valence-electron chi connectivity index (χ1n) is 10.4. The molecule has 2 bridgehead atoms. The molecule has 0 N–H and O–H groups in total. The molecule has 33 heavy (non-hydrogen) atoms. The fourth-order valence-corrected chi connectivity index (χ4v) is 5.76. The number of fused-ring (bicyclic) bond motifs is 5. The van der Waals surface area contributed by atoms with Crippen molar-refractivity contribution < 1.29 is 19.1 Å². The molecule has 1 aliphatic heterocycles. The summed E-state index contributed by atoms with van der Waals surface area (Å²) in [6.07, 6.45) is 6.44. The number of rotatable bonds is 6. The molecule has 3 aliphatic rings. The smallest absolute Gasteiger partial charge is 0.254 e. The van der Waals surface area contributed by atoms with Gasteiger partial charge in [0.25, 0.3) is 11.8 Å². The Labute approximate surface area is 212 Å². The van der Waals surface area contributed by atoms with E-state index >= 15 is 0 Å². The summed E-state index contributed by atoms with van der Waals surface area (Å²) in [4.78, 5) is 25.7. The monoisotopic (exact) mass is 592 g/mol. The Hall–Kier alpha value is -2.16. The molecular formula is C24H19Br2ClN2O4. The van der Waals surface area contributed by atoms with Crippen molar-refractivity contribution in [1.82, 2.24) is 5.01 Å². The molecule has 2 aliphatic carbocycles. The Balaban J connectivity index is 1.37. The van der Waals surface area contributed by atoms with Crippen LogP contribution in [-0.4, -0.2) is 30.1 Å². The second-order valence-electron chi connectivity index (χ2n) is 8.27. The summed E-state index contributed by atoms with van der Waals surface area (Å²) in [6.45, 7) is 0.305. The molecule has 4 atom stereocenters. The fourth-order valence-electron chi connectivity index (χ4n) is 4.84. The van der Waals surface area contributed by atoms with Crippen LogP contribution in [0.15, 0.2) is 56.5 Å². The molecule has 1 saturated heterocycles. The number of halogens is 3. The zero-order valence-electron chi connectivity index (χ0n) is 17.5. The zero-order valence-corrected chi connectivity index (χ0v) is 21.4. The maximum absolute atomic E-state index is 12.9. The molecule has 1 heterocycles. The summed E-state index contributed by atoms with van der Waals surface area (Å²) in [5.74, 6) is 0.0291. The number of hydrogen-bond donors (Lipinski definition) is 0. The molecule has 2 fully saturated rings. The minimum absolute atomic E-state index is 0.139. The Kier molecular flexibility index (Phi) is 6.09. The van der Waals surface area contributed by atoms with Crippen LogP contribution in [0.1, 0.15) is 17.5 Å². The van der Waals surface area contributed by atoms with Crippen molar-refractivity contribution in [2.24, 2.45) is 28.8 Å². The number of carbonyl (C=O) groups excluding carboxylic acids is 2. The van der Waals surface area contributed by atoms with E-state index in [0.717, 1.165) is 21.5 Å². The minimum Gasteiger partial charge on any atom is -0.493 e. The van der Waals surface area contributed by atoms with Gasteiger partial charge < -0.3 is 9.47 Å². The lowest BCUT2D eigenvalue weighted by molar-refractivity contribution is -0.140. The van der Waals surface area contributed by atoms with Gasteiger partial charge in [-0.3, -0.25) is 9.59 Å². The first-order chi connectivity index (χ1) is 15.9. The molecule has 1 saturated carbocycles. The Morgan fingerprint density at radius 2 is 1.76 bits per heavy atom. The third-order valence-corrected chi connectivity index (χ3v) is 8.40. The largest absolute Gasteiger partial charge is 0.493 e. The van der Waals surface area contributed by atoms with Crippen molar-refractivity contribution in [3.8, 4) is 11.5 Å². The molecule has 2 aromatic carbocycles. The molecule has 2 amide bonds. The van der Waals surface area contributed by atoms with Crippen LogP contribution in [0.25, 0.3) is 0 Å². The van der Waals surface area contributed by atoms with Gasteiger partial charge in [-0.1, -0.05) is 51.8 Å². The number of hydrazone groups is 1. The number of carbonyl (C=O) groups is 2. The maximum atomic E-state index is 12.9. The van der Waals surface area contributed by atoms with Gasteiger partial charge in [-0.25, -0.2) is 0 Å². The number of amides is 2. The van der Waals surface area contributed by atoms with Crippen LogP contribution in [-0.2, 0) is 16.2 Å². The Bertz CT molecular complexity index is 1170. The molecule has 2 aromatic rings. The first kappa shape index (κ1) is 22.6. The van der Waals surface area contributed by atoms with Crippen LogP contribution < -0.4 is 9.47 Å². The van der Waals surface area contributed by atoms with Crippen LogP contribution in [0, 0.1) is 23.7 Å². The molecular weight excluding hydrogens is 576 g/mol. The van der Waals surface area contributed by atoms with Crippen LogP contribution in [0.3, 0.4) is 0 Å². The molecule has 0 unspecified atom stereocenters. The van der Waals surface area contributed by atoms with Gasteiger partial charge in [0.15, 0.2) is 11.5 Å². The maximum Gasteiger partial charge on any atom is 0.254 e. The second kappa shape index (κ2) is 8.89. The number of allylic oxidation sites excluding steroid dienone is 2. The predicted octanol–water partition coefficient (Wildman–Crippen LogP) is 5.59. The topological polar surface area (TPSA) is 68.2 Å². The van der Waals surface area contributed by atoms with Gasteiger partial charge in [0, 0.05) is 14.5 Å². The van der Waals surface area contributed by atoms with Crippen LogP contribution in [0.2, 0.25) is 5.02 Å². The van der Waals surface area contributed by atoms with Crippen molar-refractivity contribution in [1.29, 1.82) is 0 Å². The number of benzene rings is 2. The average molecular weight is 595 g/mol. The zero-order chi connectivity index (χ0) is 23.3. The predicted molar refractivity (Wildman–Crippen MR) is 131 cm³/mol. The van der Waals surface area contributed by atoms with E-state index in [1.807, 2.05) is 24.3 Å². The third-order valence-electron chi connectivity index (χ3n) is 6.43.